The minimum atomic E-state index is 0.521. The van der Waals surface area contributed by atoms with Gasteiger partial charge in [0.1, 0.15) is 5.82 Å². The van der Waals surface area contributed by atoms with Crippen LogP contribution in [0.25, 0.3) is 0 Å². The fourth-order valence-corrected chi connectivity index (χ4v) is 2.46. The van der Waals surface area contributed by atoms with Crippen LogP contribution in [0.2, 0.25) is 0 Å². The first-order valence-corrected chi connectivity index (χ1v) is 6.04. The van der Waals surface area contributed by atoms with Gasteiger partial charge in [0.15, 0.2) is 0 Å². The number of aromatic nitrogens is 2. The van der Waals surface area contributed by atoms with E-state index in [1.807, 2.05) is 0 Å². The van der Waals surface area contributed by atoms with Crippen molar-refractivity contribution in [1.29, 1.82) is 0 Å². The van der Waals surface area contributed by atoms with Gasteiger partial charge in [0.05, 0.1) is 16.2 Å². The molecule has 0 fully saturated rings. The van der Waals surface area contributed by atoms with Gasteiger partial charge in [-0.15, -0.1) is 0 Å². The maximum absolute atomic E-state index is 4.63. The van der Waals surface area contributed by atoms with E-state index in [0.29, 0.717) is 6.04 Å². The van der Waals surface area contributed by atoms with Crippen LogP contribution in [-0.2, 0) is 6.42 Å². The molecule has 1 unspecified atom stereocenters. The van der Waals surface area contributed by atoms with Gasteiger partial charge in [0, 0.05) is 6.54 Å². The van der Waals surface area contributed by atoms with Crippen molar-refractivity contribution in [2.75, 3.05) is 11.9 Å². The maximum Gasteiger partial charge on any atom is 0.139 e. The molecule has 0 amide bonds. The van der Waals surface area contributed by atoms with E-state index in [4.69, 9.17) is 0 Å². The van der Waals surface area contributed by atoms with Gasteiger partial charge in [0.25, 0.3) is 0 Å². The molecule has 0 radical (unpaired) electrons. The van der Waals surface area contributed by atoms with Crippen LogP contribution in [-0.4, -0.2) is 16.3 Å². The number of hydrogen-bond acceptors (Lipinski definition) is 2. The average Bonchev–Trinajstić information content (AvgIpc) is 2.48. The maximum atomic E-state index is 4.63. The molecule has 4 heteroatoms. The summed E-state index contributed by atoms with van der Waals surface area (Å²) >= 11 is 3.62. The summed E-state index contributed by atoms with van der Waals surface area (Å²) in [4.78, 5) is 0. The lowest BCUT2D eigenvalue weighted by molar-refractivity contribution is 0.449. The summed E-state index contributed by atoms with van der Waals surface area (Å²) in [6.45, 7) is 5.46. The zero-order chi connectivity index (χ0) is 10.1. The number of anilines is 1. The van der Waals surface area contributed by atoms with Gasteiger partial charge in [-0.25, -0.2) is 4.68 Å². The smallest absolute Gasteiger partial charge is 0.139 e. The first-order valence-electron chi connectivity index (χ1n) is 5.24. The van der Waals surface area contributed by atoms with Crippen LogP contribution >= 0.6 is 15.9 Å². The monoisotopic (exact) mass is 257 g/mol. The van der Waals surface area contributed by atoms with Gasteiger partial charge >= 0.3 is 0 Å². The summed E-state index contributed by atoms with van der Waals surface area (Å²) < 4.78 is 3.27. The van der Waals surface area contributed by atoms with E-state index < -0.39 is 0 Å². The number of rotatable bonds is 2. The van der Waals surface area contributed by atoms with E-state index in [9.17, 15) is 0 Å². The Morgan fingerprint density at radius 3 is 3.07 bits per heavy atom. The molecule has 14 heavy (non-hydrogen) atoms. The van der Waals surface area contributed by atoms with Crippen LogP contribution in [0.3, 0.4) is 0 Å². The summed E-state index contributed by atoms with van der Waals surface area (Å²) in [6, 6.07) is 0.521. The summed E-state index contributed by atoms with van der Waals surface area (Å²) in [5.74, 6) is 1.16. The Morgan fingerprint density at radius 1 is 1.64 bits per heavy atom. The number of nitrogens with one attached hydrogen (secondary N) is 1. The topological polar surface area (TPSA) is 29.9 Å². The number of aryl methyl sites for hydroxylation is 1. The van der Waals surface area contributed by atoms with Crippen molar-refractivity contribution in [2.45, 2.75) is 39.2 Å². The summed E-state index contributed by atoms with van der Waals surface area (Å²) in [7, 11) is 0. The Kier molecular flexibility index (Phi) is 2.81. The molecule has 78 valence electrons. The second kappa shape index (κ2) is 3.93. The minimum absolute atomic E-state index is 0.521. The molecule has 0 saturated heterocycles. The highest BCUT2D eigenvalue weighted by Crippen LogP contribution is 2.33. The first-order chi connectivity index (χ1) is 6.74. The number of fused-ring (bicyclic) bond motifs is 1. The van der Waals surface area contributed by atoms with Gasteiger partial charge < -0.3 is 5.32 Å². The molecule has 2 rings (SSSR count). The Labute approximate surface area is 93.0 Å². The second-order valence-electron chi connectivity index (χ2n) is 3.87. The highest BCUT2D eigenvalue weighted by atomic mass is 79.9. The van der Waals surface area contributed by atoms with Crippen LogP contribution in [0, 0.1) is 0 Å². The molecule has 1 aromatic rings. The van der Waals surface area contributed by atoms with Crippen LogP contribution in [0.4, 0.5) is 5.82 Å². The molecular weight excluding hydrogens is 242 g/mol. The molecule has 1 atom stereocenters. The normalized spacial score (nSPS) is 20.4. The van der Waals surface area contributed by atoms with Gasteiger partial charge in [-0.2, -0.15) is 5.10 Å². The van der Waals surface area contributed by atoms with Gasteiger partial charge in [-0.3, -0.25) is 0 Å². The van der Waals surface area contributed by atoms with Crippen molar-refractivity contribution in [2.24, 2.45) is 0 Å². The number of hydrogen-bond donors (Lipinski definition) is 1. The SMILES string of the molecule is CCCc1nn2c(c1Br)NCCC2C. The highest BCUT2D eigenvalue weighted by Gasteiger charge is 2.21. The average molecular weight is 258 g/mol. The van der Waals surface area contributed by atoms with Crippen molar-refractivity contribution < 1.29 is 0 Å². The molecule has 0 bridgehead atoms. The quantitative estimate of drug-likeness (QED) is 0.883. The standard InChI is InChI=1S/C10H16BrN3/c1-3-4-8-9(11)10-12-6-5-7(2)14(10)13-8/h7,12H,3-6H2,1-2H3. The van der Waals surface area contributed by atoms with Crippen molar-refractivity contribution >= 4 is 21.7 Å². The van der Waals surface area contributed by atoms with E-state index in [2.05, 4.69) is 44.9 Å². The van der Waals surface area contributed by atoms with Crippen LogP contribution in [0.5, 0.6) is 0 Å². The van der Waals surface area contributed by atoms with Crippen LogP contribution < -0.4 is 5.32 Å². The lowest BCUT2D eigenvalue weighted by Gasteiger charge is -2.22. The lowest BCUT2D eigenvalue weighted by Crippen LogP contribution is -2.21. The van der Waals surface area contributed by atoms with Crippen molar-refractivity contribution in [3.63, 3.8) is 0 Å². The van der Waals surface area contributed by atoms with E-state index in [1.54, 1.807) is 0 Å². The van der Waals surface area contributed by atoms with Crippen molar-refractivity contribution in [3.05, 3.63) is 10.2 Å². The third kappa shape index (κ3) is 1.56. The molecule has 0 saturated carbocycles. The molecule has 0 spiro atoms. The summed E-state index contributed by atoms with van der Waals surface area (Å²) in [5, 5.41) is 8.02. The van der Waals surface area contributed by atoms with Gasteiger partial charge in [-0.1, -0.05) is 13.3 Å². The Hall–Kier alpha value is -0.510. The molecule has 2 heterocycles. The number of nitrogens with zero attached hydrogens (tertiary/aromatic N) is 2. The Bertz CT molecular complexity index is 332. The molecule has 0 aromatic carbocycles. The highest BCUT2D eigenvalue weighted by molar-refractivity contribution is 9.10. The third-order valence-electron chi connectivity index (χ3n) is 2.68. The molecule has 1 aromatic heterocycles. The molecular formula is C10H16BrN3. The molecule has 0 aliphatic carbocycles. The van der Waals surface area contributed by atoms with Crippen LogP contribution in [0.1, 0.15) is 38.4 Å². The predicted octanol–water partition coefficient (Wildman–Crippen LogP) is 2.97. The third-order valence-corrected chi connectivity index (χ3v) is 3.51. The Balaban J connectivity index is 2.38. The molecule has 1 aliphatic rings. The molecule has 3 nitrogen and oxygen atoms in total. The lowest BCUT2D eigenvalue weighted by atomic mass is 10.2. The predicted molar refractivity (Wildman–Crippen MR) is 61.7 cm³/mol. The first kappa shape index (κ1) is 10.0. The largest absolute Gasteiger partial charge is 0.369 e. The zero-order valence-corrected chi connectivity index (χ0v) is 10.3. The van der Waals surface area contributed by atoms with E-state index in [0.717, 1.165) is 36.1 Å². The number of halogens is 1. The summed E-state index contributed by atoms with van der Waals surface area (Å²) in [6.07, 6.45) is 3.35. The molecule has 1 aliphatic heterocycles. The fraction of sp³-hybridized carbons (Fsp3) is 0.700. The molecule has 1 N–H and O–H groups in total. The fourth-order valence-electron chi connectivity index (χ4n) is 1.86. The van der Waals surface area contributed by atoms with E-state index in [1.165, 1.54) is 5.69 Å². The van der Waals surface area contributed by atoms with Crippen molar-refractivity contribution in [3.8, 4) is 0 Å². The van der Waals surface area contributed by atoms with Gasteiger partial charge in [-0.05, 0) is 35.7 Å². The van der Waals surface area contributed by atoms with E-state index >= 15 is 0 Å². The van der Waals surface area contributed by atoms with Crippen LogP contribution in [0.15, 0.2) is 4.47 Å². The zero-order valence-electron chi connectivity index (χ0n) is 8.68. The second-order valence-corrected chi connectivity index (χ2v) is 4.66. The Morgan fingerprint density at radius 2 is 2.43 bits per heavy atom. The van der Waals surface area contributed by atoms with E-state index in [-0.39, 0.29) is 0 Å². The van der Waals surface area contributed by atoms with Gasteiger partial charge in [0.2, 0.25) is 0 Å². The van der Waals surface area contributed by atoms with Crippen molar-refractivity contribution in [1.82, 2.24) is 9.78 Å². The summed E-state index contributed by atoms with van der Waals surface area (Å²) in [5.41, 5.74) is 1.18. The minimum Gasteiger partial charge on any atom is -0.369 e.